The van der Waals surface area contributed by atoms with E-state index in [4.69, 9.17) is 0 Å². The maximum absolute atomic E-state index is 11.1. The molecule has 0 amide bonds. The summed E-state index contributed by atoms with van der Waals surface area (Å²) in [4.78, 5) is 11.1. The highest BCUT2D eigenvalue weighted by atomic mass is 32.2. The molecule has 2 nitrogen and oxygen atoms in total. The van der Waals surface area contributed by atoms with Crippen molar-refractivity contribution < 1.29 is 9.53 Å². The van der Waals surface area contributed by atoms with Crippen LogP contribution in [0.3, 0.4) is 0 Å². The lowest BCUT2D eigenvalue weighted by Crippen LogP contribution is -2.09. The Morgan fingerprint density at radius 3 is 2.67 bits per heavy atom. The summed E-state index contributed by atoms with van der Waals surface area (Å²) in [5.74, 6) is 1.00. The van der Waals surface area contributed by atoms with Gasteiger partial charge in [0.05, 0.1) is 13.5 Å². The van der Waals surface area contributed by atoms with Crippen LogP contribution in [-0.4, -0.2) is 24.1 Å². The number of esters is 1. The van der Waals surface area contributed by atoms with Crippen molar-refractivity contribution in [2.75, 3.05) is 12.9 Å². The zero-order valence-corrected chi connectivity index (χ0v) is 12.0. The third kappa shape index (κ3) is 6.70. The van der Waals surface area contributed by atoms with Crippen molar-refractivity contribution in [3.8, 4) is 0 Å². The second kappa shape index (κ2) is 9.03. The van der Waals surface area contributed by atoms with E-state index in [0.29, 0.717) is 11.7 Å². The first kappa shape index (κ1) is 15.1. The van der Waals surface area contributed by atoms with E-state index in [9.17, 15) is 4.79 Å². The van der Waals surface area contributed by atoms with Gasteiger partial charge in [0.2, 0.25) is 0 Å². The van der Waals surface area contributed by atoms with Crippen molar-refractivity contribution in [2.24, 2.45) is 0 Å². The molecule has 0 aromatic heterocycles. The van der Waals surface area contributed by atoms with E-state index in [1.807, 2.05) is 17.8 Å². The Kier molecular flexibility index (Phi) is 7.58. The van der Waals surface area contributed by atoms with Gasteiger partial charge in [0, 0.05) is 5.25 Å². The topological polar surface area (TPSA) is 26.3 Å². The van der Waals surface area contributed by atoms with Gasteiger partial charge in [-0.1, -0.05) is 37.3 Å². The van der Waals surface area contributed by atoms with E-state index in [2.05, 4.69) is 35.9 Å². The van der Waals surface area contributed by atoms with Gasteiger partial charge in [-0.05, 0) is 30.6 Å². The number of hydrogen-bond donors (Lipinski definition) is 0. The molecule has 1 unspecified atom stereocenters. The quantitative estimate of drug-likeness (QED) is 0.530. The normalized spacial score (nSPS) is 12.1. The third-order valence-electron chi connectivity index (χ3n) is 2.79. The van der Waals surface area contributed by atoms with Gasteiger partial charge in [0.15, 0.2) is 0 Å². The number of aryl methyl sites for hydroxylation is 1. The first-order chi connectivity index (χ1) is 8.72. The Morgan fingerprint density at radius 1 is 1.28 bits per heavy atom. The van der Waals surface area contributed by atoms with E-state index >= 15 is 0 Å². The maximum Gasteiger partial charge on any atom is 0.306 e. The molecule has 0 aliphatic carbocycles. The van der Waals surface area contributed by atoms with Gasteiger partial charge in [0.25, 0.3) is 0 Å². The van der Waals surface area contributed by atoms with Crippen LogP contribution in [0.1, 0.15) is 31.7 Å². The predicted octanol–water partition coefficient (Wildman–Crippen LogP) is 3.69. The molecule has 0 saturated heterocycles. The average Bonchev–Trinajstić information content (AvgIpc) is 2.39. The standard InChI is InChI=1S/C15H22O2S/c1-13(12-15(16)17-2)18-11-7-6-10-14-8-4-3-5-9-14/h3-5,8-9,13H,6-7,10-12H2,1-2H3. The molecule has 0 bridgehead atoms. The Labute approximate surface area is 114 Å². The SMILES string of the molecule is COC(=O)CC(C)SCCCCc1ccccc1. The lowest BCUT2D eigenvalue weighted by atomic mass is 10.1. The van der Waals surface area contributed by atoms with Gasteiger partial charge in [-0.15, -0.1) is 0 Å². The van der Waals surface area contributed by atoms with Crippen LogP contribution < -0.4 is 0 Å². The minimum atomic E-state index is -0.112. The number of hydrogen-bond acceptors (Lipinski definition) is 3. The van der Waals surface area contributed by atoms with Crippen LogP contribution in [-0.2, 0) is 16.0 Å². The summed E-state index contributed by atoms with van der Waals surface area (Å²) in [5, 5.41) is 0.356. The third-order valence-corrected chi connectivity index (χ3v) is 4.05. The molecule has 0 fully saturated rings. The molecule has 0 spiro atoms. The summed E-state index contributed by atoms with van der Waals surface area (Å²) in [7, 11) is 1.44. The second-order valence-electron chi connectivity index (χ2n) is 4.40. The molecule has 1 rings (SSSR count). The van der Waals surface area contributed by atoms with Gasteiger partial charge in [-0.25, -0.2) is 0 Å². The van der Waals surface area contributed by atoms with E-state index in [1.54, 1.807) is 0 Å². The molecule has 0 saturated carbocycles. The number of thioether (sulfide) groups is 1. The largest absolute Gasteiger partial charge is 0.469 e. The van der Waals surface area contributed by atoms with E-state index < -0.39 is 0 Å². The van der Waals surface area contributed by atoms with Crippen molar-refractivity contribution in [3.63, 3.8) is 0 Å². The summed E-state index contributed by atoms with van der Waals surface area (Å²) in [5.41, 5.74) is 1.41. The molecule has 100 valence electrons. The van der Waals surface area contributed by atoms with Gasteiger partial charge in [0.1, 0.15) is 0 Å². The summed E-state index contributed by atoms with van der Waals surface area (Å²) >= 11 is 1.85. The van der Waals surface area contributed by atoms with Crippen LogP contribution in [0.4, 0.5) is 0 Å². The van der Waals surface area contributed by atoms with Crippen LogP contribution in [0.2, 0.25) is 0 Å². The lowest BCUT2D eigenvalue weighted by Gasteiger charge is -2.09. The number of carbonyl (C=O) groups is 1. The van der Waals surface area contributed by atoms with Crippen LogP contribution in [0.15, 0.2) is 30.3 Å². The van der Waals surface area contributed by atoms with Crippen molar-refractivity contribution >= 4 is 17.7 Å². The highest BCUT2D eigenvalue weighted by molar-refractivity contribution is 7.99. The fraction of sp³-hybridized carbons (Fsp3) is 0.533. The van der Waals surface area contributed by atoms with Crippen LogP contribution >= 0.6 is 11.8 Å². The zero-order valence-electron chi connectivity index (χ0n) is 11.2. The molecular formula is C15H22O2S. The molecule has 0 aliphatic heterocycles. The van der Waals surface area contributed by atoms with E-state index in [0.717, 1.165) is 12.2 Å². The zero-order chi connectivity index (χ0) is 13.2. The molecular weight excluding hydrogens is 244 g/mol. The molecule has 0 aliphatic rings. The minimum Gasteiger partial charge on any atom is -0.469 e. The summed E-state index contributed by atoms with van der Waals surface area (Å²) in [6.07, 6.45) is 4.07. The summed E-state index contributed by atoms with van der Waals surface area (Å²) < 4.78 is 4.65. The molecule has 0 heterocycles. The Morgan fingerprint density at radius 2 is 2.00 bits per heavy atom. The minimum absolute atomic E-state index is 0.112. The first-order valence-corrected chi connectivity index (χ1v) is 7.49. The van der Waals surface area contributed by atoms with Crippen molar-refractivity contribution in [3.05, 3.63) is 35.9 Å². The van der Waals surface area contributed by atoms with Gasteiger partial charge >= 0.3 is 5.97 Å². The van der Waals surface area contributed by atoms with Gasteiger partial charge < -0.3 is 4.74 Å². The molecule has 3 heteroatoms. The lowest BCUT2D eigenvalue weighted by molar-refractivity contribution is -0.140. The molecule has 1 aromatic carbocycles. The molecule has 0 radical (unpaired) electrons. The molecule has 0 N–H and O–H groups in total. The average molecular weight is 266 g/mol. The molecule has 18 heavy (non-hydrogen) atoms. The number of methoxy groups -OCH3 is 1. The van der Waals surface area contributed by atoms with Crippen LogP contribution in [0.5, 0.6) is 0 Å². The fourth-order valence-corrected chi connectivity index (χ4v) is 2.76. The van der Waals surface area contributed by atoms with E-state index in [-0.39, 0.29) is 5.97 Å². The number of ether oxygens (including phenoxy) is 1. The first-order valence-electron chi connectivity index (χ1n) is 6.44. The highest BCUT2D eigenvalue weighted by Gasteiger charge is 2.08. The smallest absolute Gasteiger partial charge is 0.306 e. The summed E-state index contributed by atoms with van der Waals surface area (Å²) in [6.45, 7) is 2.08. The van der Waals surface area contributed by atoms with Crippen molar-refractivity contribution in [1.82, 2.24) is 0 Å². The van der Waals surface area contributed by atoms with Crippen molar-refractivity contribution in [2.45, 2.75) is 37.9 Å². The Balaban J connectivity index is 2.03. The summed E-state index contributed by atoms with van der Waals surface area (Å²) in [6, 6.07) is 10.6. The Hall–Kier alpha value is -0.960. The van der Waals surface area contributed by atoms with Crippen LogP contribution in [0.25, 0.3) is 0 Å². The monoisotopic (exact) mass is 266 g/mol. The highest BCUT2D eigenvalue weighted by Crippen LogP contribution is 2.17. The predicted molar refractivity (Wildman–Crippen MR) is 77.9 cm³/mol. The maximum atomic E-state index is 11.1. The number of benzene rings is 1. The second-order valence-corrected chi connectivity index (χ2v) is 5.95. The van der Waals surface area contributed by atoms with Crippen molar-refractivity contribution in [1.29, 1.82) is 0 Å². The van der Waals surface area contributed by atoms with Gasteiger partial charge in [-0.3, -0.25) is 4.79 Å². The van der Waals surface area contributed by atoms with Gasteiger partial charge in [-0.2, -0.15) is 11.8 Å². The molecule has 1 atom stereocenters. The Bertz CT molecular complexity index is 338. The van der Waals surface area contributed by atoms with E-state index in [1.165, 1.54) is 25.5 Å². The van der Waals surface area contributed by atoms with Crippen LogP contribution in [0, 0.1) is 0 Å². The number of rotatable bonds is 8. The number of unbranched alkanes of at least 4 members (excludes halogenated alkanes) is 1. The molecule has 1 aromatic rings. The number of carbonyl (C=O) groups excluding carboxylic acids is 1. The fourth-order valence-electron chi connectivity index (χ4n) is 1.74.